The van der Waals surface area contributed by atoms with E-state index in [-0.39, 0.29) is 0 Å². The molecule has 0 spiro atoms. The third kappa shape index (κ3) is 6.81. The van der Waals surface area contributed by atoms with Gasteiger partial charge in [0, 0.05) is 0 Å². The van der Waals surface area contributed by atoms with E-state index in [1.54, 1.807) is 13.8 Å². The predicted octanol–water partition coefficient (Wildman–Crippen LogP) is 5.01. The molecule has 0 radical (unpaired) electrons. The normalized spacial score (nSPS) is 12.1. The maximum Gasteiger partial charge on any atom is 0.309 e. The molecule has 0 saturated heterocycles. The number of benzene rings is 1. The third-order valence-corrected chi connectivity index (χ3v) is 5.27. The van der Waals surface area contributed by atoms with Crippen molar-refractivity contribution in [3.63, 3.8) is 0 Å². The average molecular weight is 363 g/mol. The Kier molecular flexibility index (Phi) is 7.86. The summed E-state index contributed by atoms with van der Waals surface area (Å²) < 4.78 is 5.12. The number of aryl methyl sites for hydroxylation is 3. The molecule has 26 heavy (non-hydrogen) atoms. The number of carbonyl (C=O) groups excluding carboxylic acids is 1. The Morgan fingerprint density at radius 2 is 1.69 bits per heavy atom. The van der Waals surface area contributed by atoms with Gasteiger partial charge in [-0.05, 0) is 102 Å². The molecule has 1 rings (SSSR count). The van der Waals surface area contributed by atoms with Crippen molar-refractivity contribution in [3.8, 4) is 0 Å². The molecule has 1 aromatic rings. The Morgan fingerprint density at radius 1 is 1.08 bits per heavy atom. The van der Waals surface area contributed by atoms with Gasteiger partial charge in [0.2, 0.25) is 0 Å². The first-order valence-electron chi connectivity index (χ1n) is 9.42. The van der Waals surface area contributed by atoms with Crippen molar-refractivity contribution in [1.82, 2.24) is 0 Å². The number of hydrogen-bond acceptors (Lipinski definition) is 3. The number of ether oxygens (including phenoxy) is 1. The Balaban J connectivity index is 2.71. The van der Waals surface area contributed by atoms with Crippen LogP contribution in [0.4, 0.5) is 0 Å². The largest absolute Gasteiger partial charge is 0.481 e. The van der Waals surface area contributed by atoms with Gasteiger partial charge in [-0.3, -0.25) is 9.59 Å². The lowest BCUT2D eigenvalue weighted by molar-refractivity contribution is -0.147. The first kappa shape index (κ1) is 22.2. The fraction of sp³-hybridized carbons (Fsp3) is 0.636. The summed E-state index contributed by atoms with van der Waals surface area (Å²) in [7, 11) is 0. The molecule has 0 saturated carbocycles. The lowest BCUT2D eigenvalue weighted by Gasteiger charge is -2.22. The highest BCUT2D eigenvalue weighted by Gasteiger charge is 2.26. The van der Waals surface area contributed by atoms with Crippen LogP contribution in [0.2, 0.25) is 0 Å². The Bertz CT molecular complexity index is 629. The van der Waals surface area contributed by atoms with Gasteiger partial charge in [-0.25, -0.2) is 0 Å². The zero-order valence-electron chi connectivity index (χ0n) is 17.1. The van der Waals surface area contributed by atoms with Crippen molar-refractivity contribution in [2.75, 3.05) is 0 Å². The fourth-order valence-corrected chi connectivity index (χ4v) is 3.15. The molecule has 0 amide bonds. The molecule has 1 N–H and O–H groups in total. The van der Waals surface area contributed by atoms with Gasteiger partial charge in [-0.1, -0.05) is 12.1 Å². The van der Waals surface area contributed by atoms with Crippen LogP contribution in [0.1, 0.15) is 75.6 Å². The van der Waals surface area contributed by atoms with Gasteiger partial charge in [0.25, 0.3) is 6.47 Å². The number of rotatable bonds is 11. The van der Waals surface area contributed by atoms with Crippen LogP contribution in [0.15, 0.2) is 12.1 Å². The average Bonchev–Trinajstić information content (AvgIpc) is 2.51. The summed E-state index contributed by atoms with van der Waals surface area (Å²) in [6.07, 6.45) is 5.15. The molecule has 0 bridgehead atoms. The minimum atomic E-state index is -0.738. The zero-order valence-corrected chi connectivity index (χ0v) is 17.1. The van der Waals surface area contributed by atoms with Gasteiger partial charge in [0.15, 0.2) is 0 Å². The van der Waals surface area contributed by atoms with E-state index in [1.165, 1.54) is 22.3 Å². The molecule has 4 nitrogen and oxygen atoms in total. The number of carboxylic acids is 1. The van der Waals surface area contributed by atoms with E-state index in [2.05, 4.69) is 26.0 Å². The lowest BCUT2D eigenvalue weighted by atomic mass is 9.86. The standard InChI is InChI=1S/C22H34O4/c1-16-13-18(9-7-11-21(3,4)20(24)25)14-19(17(16)2)10-8-12-22(5,6)26-15-23/h13-15H,7-12H2,1-6H3,(H,24,25). The second-order valence-electron chi connectivity index (χ2n) is 8.57. The summed E-state index contributed by atoms with van der Waals surface area (Å²) in [5.74, 6) is -0.738. The minimum absolute atomic E-state index is 0.426. The maximum absolute atomic E-state index is 11.2. The summed E-state index contributed by atoms with van der Waals surface area (Å²) in [5, 5.41) is 9.23. The summed E-state index contributed by atoms with van der Waals surface area (Å²) >= 11 is 0. The van der Waals surface area contributed by atoms with E-state index >= 15 is 0 Å². The monoisotopic (exact) mass is 362 g/mol. The zero-order chi connectivity index (χ0) is 20.0. The number of hydrogen-bond donors (Lipinski definition) is 1. The van der Waals surface area contributed by atoms with E-state index in [4.69, 9.17) is 4.74 Å². The number of carboxylic acid groups (broad SMARTS) is 1. The van der Waals surface area contributed by atoms with Crippen molar-refractivity contribution < 1.29 is 19.4 Å². The van der Waals surface area contributed by atoms with Crippen LogP contribution < -0.4 is 0 Å². The van der Waals surface area contributed by atoms with Crippen molar-refractivity contribution in [1.29, 1.82) is 0 Å². The van der Waals surface area contributed by atoms with E-state index < -0.39 is 17.0 Å². The van der Waals surface area contributed by atoms with Crippen molar-refractivity contribution in [2.24, 2.45) is 5.41 Å². The number of aliphatic carboxylic acids is 1. The molecule has 1 aromatic carbocycles. The molecule has 0 aliphatic heterocycles. The van der Waals surface area contributed by atoms with E-state index in [1.807, 2.05) is 13.8 Å². The van der Waals surface area contributed by atoms with Crippen molar-refractivity contribution >= 4 is 12.4 Å². The van der Waals surface area contributed by atoms with Gasteiger partial charge in [-0.15, -0.1) is 0 Å². The minimum Gasteiger partial charge on any atom is -0.481 e. The third-order valence-electron chi connectivity index (χ3n) is 5.27. The van der Waals surface area contributed by atoms with Gasteiger partial charge in [0.05, 0.1) is 5.41 Å². The van der Waals surface area contributed by atoms with E-state index in [0.717, 1.165) is 32.1 Å². The Labute approximate surface area is 158 Å². The van der Waals surface area contributed by atoms with Gasteiger partial charge in [0.1, 0.15) is 5.60 Å². The van der Waals surface area contributed by atoms with Gasteiger partial charge in [-0.2, -0.15) is 0 Å². The number of carbonyl (C=O) groups is 2. The van der Waals surface area contributed by atoms with Crippen molar-refractivity contribution in [2.45, 2.75) is 85.7 Å². The fourth-order valence-electron chi connectivity index (χ4n) is 3.15. The molecule has 0 aliphatic rings. The molecular formula is C22H34O4. The molecule has 0 aliphatic carbocycles. The molecule has 0 fully saturated rings. The first-order chi connectivity index (χ1) is 12.0. The summed E-state index contributed by atoms with van der Waals surface area (Å²) in [6, 6.07) is 4.47. The van der Waals surface area contributed by atoms with Crippen LogP contribution in [0, 0.1) is 19.3 Å². The molecule has 0 unspecified atom stereocenters. The Hall–Kier alpha value is -1.84. The van der Waals surface area contributed by atoms with Crippen LogP contribution in [0.5, 0.6) is 0 Å². The lowest BCUT2D eigenvalue weighted by Crippen LogP contribution is -2.23. The van der Waals surface area contributed by atoms with Crippen LogP contribution in [0.3, 0.4) is 0 Å². The molecule has 146 valence electrons. The summed E-state index contributed by atoms with van der Waals surface area (Å²) in [5.41, 5.74) is 4.09. The second kappa shape index (κ2) is 9.20. The van der Waals surface area contributed by atoms with Gasteiger partial charge >= 0.3 is 5.97 Å². The first-order valence-corrected chi connectivity index (χ1v) is 9.42. The van der Waals surface area contributed by atoms with Crippen LogP contribution in [0.25, 0.3) is 0 Å². The van der Waals surface area contributed by atoms with Crippen LogP contribution in [-0.2, 0) is 27.2 Å². The van der Waals surface area contributed by atoms with E-state index in [9.17, 15) is 14.7 Å². The SMILES string of the molecule is Cc1cc(CCCC(C)(C)C(=O)O)cc(CCCC(C)(C)OC=O)c1C. The molecule has 0 aromatic heterocycles. The molecule has 0 atom stereocenters. The molecule has 0 heterocycles. The smallest absolute Gasteiger partial charge is 0.309 e. The highest BCUT2D eigenvalue weighted by Crippen LogP contribution is 2.26. The molecule has 4 heteroatoms. The van der Waals surface area contributed by atoms with Gasteiger partial charge < -0.3 is 9.84 Å². The maximum atomic E-state index is 11.2. The van der Waals surface area contributed by atoms with Crippen LogP contribution in [-0.4, -0.2) is 23.1 Å². The van der Waals surface area contributed by atoms with E-state index in [0.29, 0.717) is 12.9 Å². The quantitative estimate of drug-likeness (QED) is 0.562. The predicted molar refractivity (Wildman–Crippen MR) is 104 cm³/mol. The molecular weight excluding hydrogens is 328 g/mol. The topological polar surface area (TPSA) is 63.6 Å². The Morgan fingerprint density at radius 3 is 2.27 bits per heavy atom. The summed E-state index contributed by atoms with van der Waals surface area (Å²) in [6.45, 7) is 12.2. The van der Waals surface area contributed by atoms with Crippen molar-refractivity contribution in [3.05, 3.63) is 34.4 Å². The second-order valence-corrected chi connectivity index (χ2v) is 8.57. The highest BCUT2D eigenvalue weighted by atomic mass is 16.5. The highest BCUT2D eigenvalue weighted by molar-refractivity contribution is 5.73. The van der Waals surface area contributed by atoms with Crippen LogP contribution >= 0.6 is 0 Å². The summed E-state index contributed by atoms with van der Waals surface area (Å²) in [4.78, 5) is 21.8.